The summed E-state index contributed by atoms with van der Waals surface area (Å²) >= 11 is 1.35. The van der Waals surface area contributed by atoms with Crippen molar-refractivity contribution in [1.82, 2.24) is 14.5 Å². The molecule has 6 nitrogen and oxygen atoms in total. The van der Waals surface area contributed by atoms with E-state index in [1.165, 1.54) is 11.3 Å². The highest BCUT2D eigenvalue weighted by molar-refractivity contribution is 7.17. The molecule has 0 aliphatic heterocycles. The first-order chi connectivity index (χ1) is 11.9. The van der Waals surface area contributed by atoms with Crippen LogP contribution >= 0.6 is 11.3 Å². The molecule has 0 atom stereocenters. The van der Waals surface area contributed by atoms with Gasteiger partial charge in [-0.05, 0) is 32.0 Å². The Morgan fingerprint density at radius 2 is 2.08 bits per heavy atom. The van der Waals surface area contributed by atoms with E-state index in [4.69, 9.17) is 4.98 Å². The SMILES string of the molecule is CCn1c(C(C)C)nc2cc(NC(=O)c3sc(NC)nc3C)ccc21. The fraction of sp³-hybridized carbons (Fsp3) is 0.389. The number of aryl methyl sites for hydroxylation is 2. The number of hydrogen-bond acceptors (Lipinski definition) is 5. The molecular formula is C18H23N5OS. The Labute approximate surface area is 151 Å². The number of thiazole rings is 1. The second-order valence-corrected chi connectivity index (χ2v) is 7.21. The molecule has 0 aliphatic carbocycles. The number of carbonyl (C=O) groups is 1. The number of aromatic nitrogens is 3. The molecule has 0 aliphatic rings. The predicted octanol–water partition coefficient (Wildman–Crippen LogP) is 4.24. The number of fused-ring (bicyclic) bond motifs is 1. The highest BCUT2D eigenvalue weighted by Gasteiger charge is 2.17. The van der Waals surface area contributed by atoms with Gasteiger partial charge in [0, 0.05) is 25.2 Å². The van der Waals surface area contributed by atoms with E-state index in [1.54, 1.807) is 7.05 Å². The van der Waals surface area contributed by atoms with Gasteiger partial charge in [-0.2, -0.15) is 0 Å². The van der Waals surface area contributed by atoms with Crippen molar-refractivity contribution in [3.63, 3.8) is 0 Å². The number of rotatable bonds is 5. The highest BCUT2D eigenvalue weighted by Crippen LogP contribution is 2.26. The molecule has 2 aromatic heterocycles. The van der Waals surface area contributed by atoms with Crippen LogP contribution in [-0.2, 0) is 6.54 Å². The number of hydrogen-bond donors (Lipinski definition) is 2. The van der Waals surface area contributed by atoms with Crippen molar-refractivity contribution < 1.29 is 4.79 Å². The van der Waals surface area contributed by atoms with Crippen LogP contribution in [0, 0.1) is 6.92 Å². The maximum absolute atomic E-state index is 12.5. The van der Waals surface area contributed by atoms with Gasteiger partial charge in [-0.25, -0.2) is 9.97 Å². The van der Waals surface area contributed by atoms with E-state index in [0.717, 1.165) is 39.9 Å². The molecular weight excluding hydrogens is 334 g/mol. The highest BCUT2D eigenvalue weighted by atomic mass is 32.1. The van der Waals surface area contributed by atoms with Gasteiger partial charge in [0.2, 0.25) is 0 Å². The second kappa shape index (κ2) is 6.84. The van der Waals surface area contributed by atoms with E-state index in [-0.39, 0.29) is 5.91 Å². The zero-order chi connectivity index (χ0) is 18.1. The topological polar surface area (TPSA) is 71.8 Å². The molecule has 0 radical (unpaired) electrons. The normalized spacial score (nSPS) is 11.3. The van der Waals surface area contributed by atoms with Gasteiger partial charge >= 0.3 is 0 Å². The Hall–Kier alpha value is -2.41. The van der Waals surface area contributed by atoms with Gasteiger partial charge in [-0.15, -0.1) is 0 Å². The average molecular weight is 357 g/mol. The van der Waals surface area contributed by atoms with Crippen LogP contribution in [0.25, 0.3) is 11.0 Å². The van der Waals surface area contributed by atoms with Gasteiger partial charge in [0.25, 0.3) is 5.91 Å². The van der Waals surface area contributed by atoms with Gasteiger partial charge in [-0.3, -0.25) is 4.79 Å². The molecule has 2 N–H and O–H groups in total. The summed E-state index contributed by atoms with van der Waals surface area (Å²) in [5.74, 6) is 1.28. The molecule has 0 saturated heterocycles. The summed E-state index contributed by atoms with van der Waals surface area (Å²) in [5, 5.41) is 6.67. The van der Waals surface area contributed by atoms with Crippen LogP contribution in [0.2, 0.25) is 0 Å². The maximum atomic E-state index is 12.5. The van der Waals surface area contributed by atoms with Crippen molar-refractivity contribution in [2.24, 2.45) is 0 Å². The zero-order valence-electron chi connectivity index (χ0n) is 15.2. The molecule has 132 valence electrons. The van der Waals surface area contributed by atoms with Crippen LogP contribution in [-0.4, -0.2) is 27.5 Å². The number of amides is 1. The average Bonchev–Trinajstić information content (AvgIpc) is 3.14. The summed E-state index contributed by atoms with van der Waals surface area (Å²) < 4.78 is 2.22. The van der Waals surface area contributed by atoms with Crippen LogP contribution < -0.4 is 10.6 Å². The third-order valence-corrected chi connectivity index (χ3v) is 5.26. The zero-order valence-corrected chi connectivity index (χ0v) is 16.0. The Morgan fingerprint density at radius 1 is 1.32 bits per heavy atom. The summed E-state index contributed by atoms with van der Waals surface area (Å²) in [6.45, 7) is 9.12. The first-order valence-electron chi connectivity index (χ1n) is 8.41. The standard InChI is InChI=1S/C18H23N5OS/c1-6-23-14-8-7-12(9-13(14)22-16(23)10(2)3)21-17(24)15-11(4)20-18(19-5)25-15/h7-10H,6H2,1-5H3,(H,19,20)(H,21,24). The Kier molecular flexibility index (Phi) is 4.76. The third-order valence-electron chi connectivity index (χ3n) is 4.08. The van der Waals surface area contributed by atoms with E-state index in [9.17, 15) is 4.79 Å². The third kappa shape index (κ3) is 3.24. The van der Waals surface area contributed by atoms with Crippen LogP contribution in [0.1, 0.15) is 47.9 Å². The quantitative estimate of drug-likeness (QED) is 0.716. The smallest absolute Gasteiger partial charge is 0.267 e. The molecule has 1 amide bonds. The van der Waals surface area contributed by atoms with Crippen molar-refractivity contribution in [2.45, 2.75) is 40.2 Å². The van der Waals surface area contributed by atoms with Crippen LogP contribution in [0.3, 0.4) is 0 Å². The van der Waals surface area contributed by atoms with E-state index in [1.807, 2.05) is 25.1 Å². The molecule has 3 rings (SSSR count). The van der Waals surface area contributed by atoms with Gasteiger partial charge in [0.1, 0.15) is 10.7 Å². The lowest BCUT2D eigenvalue weighted by atomic mass is 10.2. The summed E-state index contributed by atoms with van der Waals surface area (Å²) in [5.41, 5.74) is 3.47. The van der Waals surface area contributed by atoms with Crippen molar-refractivity contribution >= 4 is 39.1 Å². The number of anilines is 2. The van der Waals surface area contributed by atoms with Gasteiger partial charge < -0.3 is 15.2 Å². The summed E-state index contributed by atoms with van der Waals surface area (Å²) in [6, 6.07) is 5.88. The molecule has 0 bridgehead atoms. The van der Waals surface area contributed by atoms with Crippen molar-refractivity contribution in [3.05, 3.63) is 34.6 Å². The Bertz CT molecular complexity index is 925. The number of nitrogens with one attached hydrogen (secondary N) is 2. The van der Waals surface area contributed by atoms with E-state index in [2.05, 4.69) is 41.0 Å². The van der Waals surface area contributed by atoms with E-state index in [0.29, 0.717) is 10.8 Å². The van der Waals surface area contributed by atoms with Gasteiger partial charge in [0.15, 0.2) is 5.13 Å². The lowest BCUT2D eigenvalue weighted by Crippen LogP contribution is -2.11. The monoisotopic (exact) mass is 357 g/mol. The molecule has 0 spiro atoms. The fourth-order valence-electron chi connectivity index (χ4n) is 2.90. The molecule has 0 fully saturated rings. The Morgan fingerprint density at radius 3 is 2.68 bits per heavy atom. The van der Waals surface area contributed by atoms with E-state index < -0.39 is 0 Å². The van der Waals surface area contributed by atoms with Crippen molar-refractivity contribution in [3.8, 4) is 0 Å². The number of nitrogens with zero attached hydrogens (tertiary/aromatic N) is 3. The molecule has 2 heterocycles. The molecule has 1 aromatic carbocycles. The van der Waals surface area contributed by atoms with Crippen LogP contribution in [0.4, 0.5) is 10.8 Å². The predicted molar refractivity (Wildman–Crippen MR) is 104 cm³/mol. The molecule has 25 heavy (non-hydrogen) atoms. The minimum absolute atomic E-state index is 0.144. The molecule has 0 saturated carbocycles. The largest absolute Gasteiger partial charge is 0.365 e. The maximum Gasteiger partial charge on any atom is 0.267 e. The van der Waals surface area contributed by atoms with Crippen LogP contribution in [0.5, 0.6) is 0 Å². The summed E-state index contributed by atoms with van der Waals surface area (Å²) in [4.78, 5) is 22.2. The number of imidazole rings is 1. The summed E-state index contributed by atoms with van der Waals surface area (Å²) in [6.07, 6.45) is 0. The number of benzene rings is 1. The number of carbonyl (C=O) groups excluding carboxylic acids is 1. The molecule has 0 unspecified atom stereocenters. The summed E-state index contributed by atoms with van der Waals surface area (Å²) in [7, 11) is 1.80. The molecule has 7 heteroatoms. The lowest BCUT2D eigenvalue weighted by molar-refractivity contribution is 0.103. The van der Waals surface area contributed by atoms with Crippen molar-refractivity contribution in [1.29, 1.82) is 0 Å². The van der Waals surface area contributed by atoms with Gasteiger partial charge in [0.05, 0.1) is 16.7 Å². The van der Waals surface area contributed by atoms with Crippen molar-refractivity contribution in [2.75, 3.05) is 17.7 Å². The minimum atomic E-state index is -0.144. The van der Waals surface area contributed by atoms with Gasteiger partial charge in [-0.1, -0.05) is 25.2 Å². The minimum Gasteiger partial charge on any atom is -0.365 e. The fourth-order valence-corrected chi connectivity index (χ4v) is 3.72. The molecule has 3 aromatic rings. The first-order valence-corrected chi connectivity index (χ1v) is 9.23. The Balaban J connectivity index is 1.91. The lowest BCUT2D eigenvalue weighted by Gasteiger charge is -2.08. The second-order valence-electron chi connectivity index (χ2n) is 6.21. The van der Waals surface area contributed by atoms with E-state index >= 15 is 0 Å². The first kappa shape index (κ1) is 17.4. The van der Waals surface area contributed by atoms with Crippen LogP contribution in [0.15, 0.2) is 18.2 Å².